The lowest BCUT2D eigenvalue weighted by atomic mass is 9.93. The number of likely N-dealkylation sites (N-methyl/N-ethyl adjacent to an activating group) is 2. The number of ether oxygens (including phenoxy) is 1. The van der Waals surface area contributed by atoms with E-state index in [-0.39, 0.29) is 6.04 Å². The molecule has 0 saturated carbocycles. The van der Waals surface area contributed by atoms with Crippen LogP contribution in [0, 0.1) is 13.8 Å². The summed E-state index contributed by atoms with van der Waals surface area (Å²) in [5, 5.41) is 10.9. The molecule has 0 spiro atoms. The van der Waals surface area contributed by atoms with Gasteiger partial charge < -0.3 is 14.7 Å². The lowest BCUT2D eigenvalue weighted by molar-refractivity contribution is 0.0124. The van der Waals surface area contributed by atoms with E-state index in [4.69, 9.17) is 4.74 Å². The molecule has 2 atom stereocenters. The van der Waals surface area contributed by atoms with Gasteiger partial charge >= 0.3 is 0 Å². The van der Waals surface area contributed by atoms with E-state index in [0.29, 0.717) is 0 Å². The summed E-state index contributed by atoms with van der Waals surface area (Å²) in [5.41, 5.74) is 3.17. The maximum atomic E-state index is 10.9. The molecule has 2 rings (SSSR count). The summed E-state index contributed by atoms with van der Waals surface area (Å²) in [4.78, 5) is 4.51. The fraction of sp³-hybridized carbons (Fsp3) is 0.625. The summed E-state index contributed by atoms with van der Waals surface area (Å²) in [5.74, 6) is 0.789. The number of aliphatic hydroxyl groups excluding tert-OH is 1. The van der Waals surface area contributed by atoms with Crippen LogP contribution in [-0.2, 0) is 0 Å². The number of hydrogen-bond donors (Lipinski definition) is 1. The number of benzene rings is 1. The first kappa shape index (κ1) is 15.3. The number of methoxy groups -OCH3 is 1. The summed E-state index contributed by atoms with van der Waals surface area (Å²) in [6, 6.07) is 4.20. The summed E-state index contributed by atoms with van der Waals surface area (Å²) in [6.07, 6.45) is -0.529. The van der Waals surface area contributed by atoms with Gasteiger partial charge in [0.15, 0.2) is 0 Å². The third-order valence-corrected chi connectivity index (χ3v) is 4.27. The second-order valence-electron chi connectivity index (χ2n) is 5.95. The Morgan fingerprint density at radius 1 is 1.25 bits per heavy atom. The third-order valence-electron chi connectivity index (χ3n) is 4.27. The van der Waals surface area contributed by atoms with Crippen LogP contribution in [0.1, 0.15) is 22.8 Å². The molecule has 4 heteroatoms. The number of rotatable bonds is 3. The summed E-state index contributed by atoms with van der Waals surface area (Å²) >= 11 is 0. The van der Waals surface area contributed by atoms with Crippen LogP contribution in [0.15, 0.2) is 12.1 Å². The molecule has 0 amide bonds. The molecule has 0 aromatic heterocycles. The highest BCUT2D eigenvalue weighted by molar-refractivity contribution is 5.45. The SMILES string of the molecule is COc1cc(C)cc(C)c1C(O)C1CN(C)CCN1C. The molecule has 1 N–H and O–H groups in total. The zero-order chi connectivity index (χ0) is 14.9. The lowest BCUT2D eigenvalue weighted by Crippen LogP contribution is -2.52. The number of aryl methyl sites for hydroxylation is 2. The van der Waals surface area contributed by atoms with Crippen molar-refractivity contribution in [3.05, 3.63) is 28.8 Å². The first-order valence-electron chi connectivity index (χ1n) is 7.16. The Balaban J connectivity index is 2.34. The quantitative estimate of drug-likeness (QED) is 0.911. The van der Waals surface area contributed by atoms with E-state index < -0.39 is 6.10 Å². The molecule has 2 unspecified atom stereocenters. The molecule has 112 valence electrons. The lowest BCUT2D eigenvalue weighted by Gasteiger charge is -2.40. The van der Waals surface area contributed by atoms with E-state index in [1.165, 1.54) is 0 Å². The van der Waals surface area contributed by atoms with Crippen molar-refractivity contribution in [2.45, 2.75) is 26.0 Å². The molecule has 1 saturated heterocycles. The van der Waals surface area contributed by atoms with Crippen LogP contribution in [0.5, 0.6) is 5.75 Å². The minimum atomic E-state index is -0.529. The van der Waals surface area contributed by atoms with E-state index in [2.05, 4.69) is 30.0 Å². The van der Waals surface area contributed by atoms with Gasteiger partial charge in [0.25, 0.3) is 0 Å². The van der Waals surface area contributed by atoms with Crippen molar-refractivity contribution < 1.29 is 9.84 Å². The van der Waals surface area contributed by atoms with Crippen LogP contribution in [0.4, 0.5) is 0 Å². The van der Waals surface area contributed by atoms with Crippen molar-refractivity contribution in [1.82, 2.24) is 9.80 Å². The average molecular weight is 278 g/mol. The van der Waals surface area contributed by atoms with Gasteiger partial charge in [-0.1, -0.05) is 6.07 Å². The van der Waals surface area contributed by atoms with Crippen LogP contribution in [0.25, 0.3) is 0 Å². The van der Waals surface area contributed by atoms with E-state index >= 15 is 0 Å². The van der Waals surface area contributed by atoms with Crippen LogP contribution in [-0.4, -0.2) is 61.8 Å². The maximum absolute atomic E-state index is 10.9. The van der Waals surface area contributed by atoms with Gasteiger partial charge in [-0.05, 0) is 45.1 Å². The molecular formula is C16H26N2O2. The summed E-state index contributed by atoms with van der Waals surface area (Å²) in [6.45, 7) is 6.98. The molecule has 1 fully saturated rings. The van der Waals surface area contributed by atoms with Crippen LogP contribution in [0.2, 0.25) is 0 Å². The molecule has 1 aliphatic rings. The van der Waals surface area contributed by atoms with Crippen molar-refractivity contribution in [3.8, 4) is 5.75 Å². The minimum Gasteiger partial charge on any atom is -0.496 e. The van der Waals surface area contributed by atoms with Gasteiger partial charge in [0.2, 0.25) is 0 Å². The standard InChI is InChI=1S/C16H26N2O2/c1-11-8-12(2)15(14(9-11)20-5)16(19)13-10-17(3)6-7-18(13)4/h8-9,13,16,19H,6-7,10H2,1-5H3. The number of nitrogens with zero attached hydrogens (tertiary/aromatic N) is 2. The predicted octanol–water partition coefficient (Wildman–Crippen LogP) is 1.59. The molecule has 0 bridgehead atoms. The molecule has 0 radical (unpaired) electrons. The topological polar surface area (TPSA) is 35.9 Å². The Morgan fingerprint density at radius 2 is 1.95 bits per heavy atom. The predicted molar refractivity (Wildman–Crippen MR) is 81.3 cm³/mol. The fourth-order valence-electron chi connectivity index (χ4n) is 3.07. The zero-order valence-corrected chi connectivity index (χ0v) is 13.2. The molecule has 0 aliphatic carbocycles. The van der Waals surface area contributed by atoms with Crippen molar-refractivity contribution in [2.24, 2.45) is 0 Å². The van der Waals surface area contributed by atoms with Gasteiger partial charge in [-0.3, -0.25) is 4.90 Å². The van der Waals surface area contributed by atoms with Gasteiger partial charge in [0, 0.05) is 25.2 Å². The Bertz CT molecular complexity index is 476. The molecule has 4 nitrogen and oxygen atoms in total. The van der Waals surface area contributed by atoms with Crippen LogP contribution < -0.4 is 4.74 Å². The van der Waals surface area contributed by atoms with Crippen molar-refractivity contribution in [2.75, 3.05) is 40.8 Å². The molecule has 1 heterocycles. The molecule has 20 heavy (non-hydrogen) atoms. The second-order valence-corrected chi connectivity index (χ2v) is 5.95. The third kappa shape index (κ3) is 2.97. The summed E-state index contributed by atoms with van der Waals surface area (Å²) in [7, 11) is 5.85. The minimum absolute atomic E-state index is 0.101. The Labute approximate surface area is 122 Å². The Morgan fingerprint density at radius 3 is 2.60 bits per heavy atom. The largest absolute Gasteiger partial charge is 0.496 e. The van der Waals surface area contributed by atoms with Crippen molar-refractivity contribution in [3.63, 3.8) is 0 Å². The molecule has 1 aliphatic heterocycles. The molecule has 1 aromatic rings. The van der Waals surface area contributed by atoms with E-state index in [0.717, 1.165) is 42.1 Å². The Kier molecular flexibility index (Phi) is 4.68. The van der Waals surface area contributed by atoms with Crippen LogP contribution >= 0.6 is 0 Å². The first-order chi connectivity index (χ1) is 9.43. The molecule has 1 aromatic carbocycles. The highest BCUT2D eigenvalue weighted by Crippen LogP contribution is 2.34. The first-order valence-corrected chi connectivity index (χ1v) is 7.16. The normalized spacial score (nSPS) is 22.8. The highest BCUT2D eigenvalue weighted by Gasteiger charge is 2.32. The van der Waals surface area contributed by atoms with E-state index in [9.17, 15) is 5.11 Å². The molecular weight excluding hydrogens is 252 g/mol. The highest BCUT2D eigenvalue weighted by atomic mass is 16.5. The van der Waals surface area contributed by atoms with E-state index in [1.807, 2.05) is 19.9 Å². The van der Waals surface area contributed by atoms with Crippen molar-refractivity contribution in [1.29, 1.82) is 0 Å². The van der Waals surface area contributed by atoms with Gasteiger partial charge in [-0.25, -0.2) is 0 Å². The Hall–Kier alpha value is -1.10. The van der Waals surface area contributed by atoms with Gasteiger partial charge in [-0.2, -0.15) is 0 Å². The summed E-state index contributed by atoms with van der Waals surface area (Å²) < 4.78 is 5.49. The number of piperazine rings is 1. The van der Waals surface area contributed by atoms with Gasteiger partial charge in [0.05, 0.1) is 19.3 Å². The second kappa shape index (κ2) is 6.12. The van der Waals surface area contributed by atoms with E-state index in [1.54, 1.807) is 7.11 Å². The van der Waals surface area contributed by atoms with Gasteiger partial charge in [0.1, 0.15) is 5.75 Å². The zero-order valence-electron chi connectivity index (χ0n) is 13.2. The van der Waals surface area contributed by atoms with Crippen molar-refractivity contribution >= 4 is 0 Å². The van der Waals surface area contributed by atoms with Crippen LogP contribution in [0.3, 0.4) is 0 Å². The number of hydrogen-bond acceptors (Lipinski definition) is 4. The maximum Gasteiger partial charge on any atom is 0.125 e. The van der Waals surface area contributed by atoms with Gasteiger partial charge in [-0.15, -0.1) is 0 Å². The monoisotopic (exact) mass is 278 g/mol. The smallest absolute Gasteiger partial charge is 0.125 e. The fourth-order valence-corrected chi connectivity index (χ4v) is 3.07. The average Bonchev–Trinajstić information content (AvgIpc) is 2.40. The number of aliphatic hydroxyl groups is 1.